The SMILES string of the molecule is CCCCCCCCCCN(CCCCCCCCCC)c1ccc2c(c1)C#Cc1ccc(N(CCCCCCCCCC)CCCCCCCCCC)cc1C#Cc1ccc(N(CCCCCCCCCC)CCCCCCCCCC)cc1C#C2. The van der Waals surface area contributed by atoms with Crippen LogP contribution >= 0.6 is 0 Å². The van der Waals surface area contributed by atoms with E-state index in [1.165, 1.54) is 325 Å². The van der Waals surface area contributed by atoms with Crippen molar-refractivity contribution in [2.45, 2.75) is 350 Å². The van der Waals surface area contributed by atoms with Gasteiger partial charge in [0.25, 0.3) is 0 Å². The van der Waals surface area contributed by atoms with Gasteiger partial charge in [-0.25, -0.2) is 0 Å². The molecule has 0 atom stereocenters. The molecule has 0 amide bonds. The largest absolute Gasteiger partial charge is 0.372 e. The fraction of sp³-hybridized carbons (Fsp3) is 0.714. The average molecular weight is 1190 g/mol. The van der Waals surface area contributed by atoms with Crippen molar-refractivity contribution in [2.24, 2.45) is 0 Å². The van der Waals surface area contributed by atoms with E-state index in [0.29, 0.717) is 0 Å². The van der Waals surface area contributed by atoms with Crippen molar-refractivity contribution >= 4 is 17.1 Å². The van der Waals surface area contributed by atoms with Gasteiger partial charge in [-0.2, -0.15) is 0 Å². The third-order valence-corrected chi connectivity index (χ3v) is 18.8. The summed E-state index contributed by atoms with van der Waals surface area (Å²) in [6.45, 7) is 20.5. The Labute approximate surface area is 541 Å². The van der Waals surface area contributed by atoms with Crippen molar-refractivity contribution < 1.29 is 0 Å². The molecule has 0 saturated heterocycles. The minimum Gasteiger partial charge on any atom is -0.372 e. The topological polar surface area (TPSA) is 9.72 Å². The summed E-state index contributed by atoms with van der Waals surface area (Å²) in [6, 6.07) is 21.2. The summed E-state index contributed by atoms with van der Waals surface area (Å²) >= 11 is 0. The van der Waals surface area contributed by atoms with Crippen molar-refractivity contribution in [2.75, 3.05) is 54.0 Å². The first-order valence-corrected chi connectivity index (χ1v) is 38.3. The van der Waals surface area contributed by atoms with Crippen LogP contribution in [0.2, 0.25) is 0 Å². The van der Waals surface area contributed by atoms with E-state index in [-0.39, 0.29) is 0 Å². The molecular weight excluding hydrogens is 1050 g/mol. The van der Waals surface area contributed by atoms with Crippen LogP contribution in [-0.4, -0.2) is 39.3 Å². The molecule has 0 aromatic heterocycles. The van der Waals surface area contributed by atoms with Crippen LogP contribution in [0.3, 0.4) is 0 Å². The molecule has 3 heteroatoms. The molecule has 0 N–H and O–H groups in total. The fourth-order valence-corrected chi connectivity index (χ4v) is 13.0. The Morgan fingerprint density at radius 1 is 0.184 bits per heavy atom. The first-order chi connectivity index (χ1) is 43.0. The lowest BCUT2D eigenvalue weighted by Gasteiger charge is -2.26. The summed E-state index contributed by atoms with van der Waals surface area (Å²) in [5.74, 6) is 22.7. The van der Waals surface area contributed by atoms with Crippen molar-refractivity contribution in [3.8, 4) is 35.5 Å². The Kier molecular flexibility index (Phi) is 45.4. The summed E-state index contributed by atoms with van der Waals surface area (Å²) in [7, 11) is 0. The molecule has 0 bridgehead atoms. The van der Waals surface area contributed by atoms with Crippen LogP contribution in [0.15, 0.2) is 54.6 Å². The Morgan fingerprint density at radius 2 is 0.333 bits per heavy atom. The van der Waals surface area contributed by atoms with Gasteiger partial charge in [-0.05, 0) is 93.1 Å². The van der Waals surface area contributed by atoms with Gasteiger partial charge in [0.15, 0.2) is 0 Å². The zero-order valence-electron chi connectivity index (χ0n) is 58.2. The summed E-state index contributed by atoms with van der Waals surface area (Å²) < 4.78 is 0. The minimum atomic E-state index is 1.02. The van der Waals surface area contributed by atoms with Gasteiger partial charge in [0.1, 0.15) is 0 Å². The van der Waals surface area contributed by atoms with Crippen LogP contribution < -0.4 is 14.7 Å². The maximum absolute atomic E-state index is 3.80. The van der Waals surface area contributed by atoms with Gasteiger partial charge in [-0.15, -0.1) is 0 Å². The van der Waals surface area contributed by atoms with Crippen LogP contribution in [0.5, 0.6) is 0 Å². The second-order valence-corrected chi connectivity index (χ2v) is 26.8. The summed E-state index contributed by atoms with van der Waals surface area (Å²) in [4.78, 5) is 8.11. The van der Waals surface area contributed by atoms with E-state index in [0.717, 1.165) is 72.6 Å². The van der Waals surface area contributed by atoms with E-state index in [9.17, 15) is 0 Å². The maximum atomic E-state index is 3.80. The molecule has 87 heavy (non-hydrogen) atoms. The van der Waals surface area contributed by atoms with Gasteiger partial charge in [-0.3, -0.25) is 0 Å². The molecule has 0 fully saturated rings. The molecule has 1 aliphatic rings. The van der Waals surface area contributed by atoms with E-state index in [1.54, 1.807) is 0 Å². The van der Waals surface area contributed by atoms with Gasteiger partial charge in [-0.1, -0.05) is 347 Å². The number of fused-ring (bicyclic) bond motifs is 3. The number of hydrogen-bond donors (Lipinski definition) is 0. The van der Waals surface area contributed by atoms with Gasteiger partial charge in [0.2, 0.25) is 0 Å². The molecule has 0 radical (unpaired) electrons. The third-order valence-electron chi connectivity index (χ3n) is 18.8. The molecule has 4 rings (SSSR count). The van der Waals surface area contributed by atoms with E-state index in [4.69, 9.17) is 0 Å². The first kappa shape index (κ1) is 75.2. The predicted octanol–water partition coefficient (Wildman–Crippen LogP) is 25.5. The zero-order chi connectivity index (χ0) is 61.7. The monoisotopic (exact) mass is 1190 g/mol. The lowest BCUT2D eigenvalue weighted by Crippen LogP contribution is -2.26. The predicted molar refractivity (Wildman–Crippen MR) is 390 cm³/mol. The Hall–Kier alpha value is -4.26. The van der Waals surface area contributed by atoms with Gasteiger partial charge >= 0.3 is 0 Å². The molecule has 0 spiro atoms. The van der Waals surface area contributed by atoms with E-state index in [2.05, 4.69) is 146 Å². The number of rotatable bonds is 57. The average Bonchev–Trinajstić information content (AvgIpc) is 3.67. The number of nitrogens with zero attached hydrogens (tertiary/aromatic N) is 3. The quantitative estimate of drug-likeness (QED) is 0.0322. The van der Waals surface area contributed by atoms with Crippen LogP contribution in [-0.2, 0) is 0 Å². The second kappa shape index (κ2) is 52.5. The number of unbranched alkanes of at least 4 members (excludes halogenated alkanes) is 42. The molecule has 3 aromatic rings. The highest BCUT2D eigenvalue weighted by Gasteiger charge is 2.15. The Bertz CT molecular complexity index is 2020. The van der Waals surface area contributed by atoms with E-state index < -0.39 is 0 Å². The van der Waals surface area contributed by atoms with Crippen molar-refractivity contribution in [3.05, 3.63) is 88.0 Å². The Morgan fingerprint density at radius 3 is 0.506 bits per heavy atom. The van der Waals surface area contributed by atoms with Crippen LogP contribution in [0.4, 0.5) is 17.1 Å². The van der Waals surface area contributed by atoms with Crippen molar-refractivity contribution in [3.63, 3.8) is 0 Å². The summed E-state index contributed by atoms with van der Waals surface area (Å²) in [5.41, 5.74) is 10.1. The number of anilines is 3. The first-order valence-electron chi connectivity index (χ1n) is 38.3. The number of hydrogen-bond acceptors (Lipinski definition) is 3. The highest BCUT2D eigenvalue weighted by atomic mass is 15.1. The van der Waals surface area contributed by atoms with Gasteiger partial charge < -0.3 is 14.7 Å². The molecule has 0 unspecified atom stereocenters. The molecular formula is C84H135N3. The smallest absolute Gasteiger partial charge is 0.0426 e. The molecule has 3 aromatic carbocycles. The molecule has 3 nitrogen and oxygen atoms in total. The van der Waals surface area contributed by atoms with Crippen LogP contribution in [0.25, 0.3) is 0 Å². The number of benzene rings is 3. The summed E-state index contributed by atoms with van der Waals surface area (Å²) in [5, 5.41) is 0. The molecule has 1 aliphatic carbocycles. The standard InChI is InChI=1S/C84H135N3/c1-7-13-19-25-31-37-43-49-67-85(68-50-44-38-32-26-20-14-8-2)82-64-61-76-56-59-80-74-84(87(71-53-47-41-35-29-23-17-11-5)72-54-48-42-36-30-24-18-12-6)66-63-78(80)57-60-81-75-83(65-62-77(81)55-58-79(76)73-82)86(69-51-45-39-33-27-21-15-9-3)70-52-46-40-34-28-22-16-10-4/h61-66,73-75H,7-54,67-72H2,1-6H3. The van der Waals surface area contributed by atoms with E-state index >= 15 is 0 Å². The van der Waals surface area contributed by atoms with E-state index in [1.807, 2.05) is 0 Å². The van der Waals surface area contributed by atoms with Crippen LogP contribution in [0.1, 0.15) is 383 Å². The van der Waals surface area contributed by atoms with Crippen molar-refractivity contribution in [1.29, 1.82) is 0 Å². The zero-order valence-corrected chi connectivity index (χ0v) is 58.2. The molecule has 486 valence electrons. The van der Waals surface area contributed by atoms with Gasteiger partial charge in [0, 0.05) is 89.7 Å². The van der Waals surface area contributed by atoms with Crippen LogP contribution in [0, 0.1) is 35.5 Å². The second-order valence-electron chi connectivity index (χ2n) is 26.8. The Balaban J connectivity index is 1.77. The summed E-state index contributed by atoms with van der Waals surface area (Å²) in [6.07, 6.45) is 64.4. The molecule has 0 heterocycles. The highest BCUT2D eigenvalue weighted by Crippen LogP contribution is 2.28. The lowest BCUT2D eigenvalue weighted by atomic mass is 10.00. The highest BCUT2D eigenvalue weighted by molar-refractivity contribution is 5.68. The minimum absolute atomic E-state index is 1.02. The molecule has 0 saturated carbocycles. The lowest BCUT2D eigenvalue weighted by molar-refractivity contribution is 0.555. The molecule has 0 aliphatic heterocycles. The van der Waals surface area contributed by atoms with Crippen molar-refractivity contribution in [1.82, 2.24) is 0 Å². The fourth-order valence-electron chi connectivity index (χ4n) is 13.0. The maximum Gasteiger partial charge on any atom is 0.0426 e. The normalized spacial score (nSPS) is 11.5. The van der Waals surface area contributed by atoms with Gasteiger partial charge in [0.05, 0.1) is 0 Å². The third kappa shape index (κ3) is 35.1.